The minimum atomic E-state index is -1.85. The molecule has 0 fully saturated rings. The average molecular weight is 237 g/mol. The van der Waals surface area contributed by atoms with Crippen LogP contribution in [0.2, 0.25) is 0 Å². The van der Waals surface area contributed by atoms with Crippen molar-refractivity contribution in [2.75, 3.05) is 13.1 Å². The van der Waals surface area contributed by atoms with Crippen LogP contribution in [0.5, 0.6) is 5.75 Å². The van der Waals surface area contributed by atoms with Gasteiger partial charge in [-0.2, -0.15) is 0 Å². The molecule has 1 aromatic rings. The second kappa shape index (κ2) is 6.27. The second-order valence-electron chi connectivity index (χ2n) is 3.45. The minimum Gasteiger partial charge on any atom is -0.512 e. The summed E-state index contributed by atoms with van der Waals surface area (Å²) in [5, 5.41) is 17.2. The van der Waals surface area contributed by atoms with Crippen LogP contribution in [0.4, 0.5) is 0 Å². The molecule has 0 aromatic heterocycles. The van der Waals surface area contributed by atoms with Crippen molar-refractivity contribution < 1.29 is 19.5 Å². The molecule has 1 rings (SSSR count). The van der Waals surface area contributed by atoms with E-state index in [4.69, 9.17) is 10.0 Å². The second-order valence-corrected chi connectivity index (χ2v) is 3.45. The normalized spacial score (nSPS) is 9.88. The van der Waals surface area contributed by atoms with Crippen LogP contribution in [0, 0.1) is 0 Å². The van der Waals surface area contributed by atoms with Crippen LogP contribution in [-0.4, -0.2) is 41.3 Å². The molecule has 6 heteroatoms. The molecule has 0 aliphatic heterocycles. The van der Waals surface area contributed by atoms with Crippen molar-refractivity contribution in [3.8, 4) is 5.75 Å². The predicted octanol–water partition coefficient (Wildman–Crippen LogP) is 0.517. The Balaban J connectivity index is 2.76. The summed E-state index contributed by atoms with van der Waals surface area (Å²) in [6, 6.07) is 6.24. The molecule has 1 aromatic carbocycles. The van der Waals surface area contributed by atoms with Gasteiger partial charge in [-0.1, -0.05) is 0 Å². The summed E-state index contributed by atoms with van der Waals surface area (Å²) in [5.74, 6) is 0.252. The molecule has 0 unspecified atom stereocenters. The number of carbonyl (C=O) groups is 1. The van der Waals surface area contributed by atoms with Gasteiger partial charge in [0.05, 0.1) is 0 Å². The zero-order valence-corrected chi connectivity index (χ0v) is 9.96. The first-order valence-electron chi connectivity index (χ1n) is 5.50. The molecule has 1 amide bonds. The van der Waals surface area contributed by atoms with Gasteiger partial charge in [-0.3, -0.25) is 4.79 Å². The summed E-state index contributed by atoms with van der Waals surface area (Å²) in [6.45, 7) is 5.15. The molecule has 0 atom stereocenters. The molecule has 0 radical (unpaired) electrons. The lowest BCUT2D eigenvalue weighted by Crippen LogP contribution is -2.30. The topological polar surface area (TPSA) is 70.0 Å². The highest BCUT2D eigenvalue weighted by molar-refractivity contribution is 6.33. The quantitative estimate of drug-likeness (QED) is 0.732. The Morgan fingerprint density at radius 1 is 1.24 bits per heavy atom. The first-order valence-corrected chi connectivity index (χ1v) is 5.50. The van der Waals surface area contributed by atoms with Crippen LogP contribution in [0.3, 0.4) is 0 Å². The van der Waals surface area contributed by atoms with E-state index in [2.05, 4.69) is 4.65 Å². The van der Waals surface area contributed by atoms with Crippen molar-refractivity contribution >= 4 is 13.2 Å². The molecule has 17 heavy (non-hydrogen) atoms. The van der Waals surface area contributed by atoms with E-state index in [1.165, 1.54) is 12.1 Å². The van der Waals surface area contributed by atoms with Gasteiger partial charge in [0.25, 0.3) is 5.91 Å². The van der Waals surface area contributed by atoms with E-state index >= 15 is 0 Å². The lowest BCUT2D eigenvalue weighted by Gasteiger charge is -2.18. The average Bonchev–Trinajstić information content (AvgIpc) is 2.30. The molecule has 5 nitrogen and oxygen atoms in total. The number of benzene rings is 1. The Morgan fingerprint density at radius 3 is 2.18 bits per heavy atom. The highest BCUT2D eigenvalue weighted by atomic mass is 16.6. The summed E-state index contributed by atoms with van der Waals surface area (Å²) in [7, 11) is -1.85. The van der Waals surface area contributed by atoms with Crippen molar-refractivity contribution in [1.82, 2.24) is 4.90 Å². The highest BCUT2D eigenvalue weighted by Gasteiger charge is 2.14. The standard InChI is InChI=1S/C11H16BNO4/c1-3-13(4-2)11(14)9-5-7-10(8-6-9)17-12(15)16/h5-8,15-16H,3-4H2,1-2H3. The maximum absolute atomic E-state index is 11.9. The van der Waals surface area contributed by atoms with E-state index in [0.29, 0.717) is 24.4 Å². The van der Waals surface area contributed by atoms with Gasteiger partial charge in [0.15, 0.2) is 0 Å². The Hall–Kier alpha value is -1.53. The van der Waals surface area contributed by atoms with Crippen molar-refractivity contribution in [2.24, 2.45) is 0 Å². The lowest BCUT2D eigenvalue weighted by molar-refractivity contribution is 0.0773. The molecular weight excluding hydrogens is 221 g/mol. The van der Waals surface area contributed by atoms with Crippen molar-refractivity contribution in [3.63, 3.8) is 0 Å². The van der Waals surface area contributed by atoms with E-state index in [-0.39, 0.29) is 5.91 Å². The summed E-state index contributed by atoms with van der Waals surface area (Å²) in [6.07, 6.45) is 0. The SMILES string of the molecule is CCN(CC)C(=O)c1ccc(OB(O)O)cc1. The Morgan fingerprint density at radius 2 is 1.76 bits per heavy atom. The van der Waals surface area contributed by atoms with E-state index in [0.717, 1.165) is 0 Å². The van der Waals surface area contributed by atoms with Crippen molar-refractivity contribution in [2.45, 2.75) is 13.8 Å². The predicted molar refractivity (Wildman–Crippen MR) is 64.5 cm³/mol. The van der Waals surface area contributed by atoms with Gasteiger partial charge in [-0.25, -0.2) is 0 Å². The van der Waals surface area contributed by atoms with E-state index in [1.54, 1.807) is 17.0 Å². The van der Waals surface area contributed by atoms with Gasteiger partial charge >= 0.3 is 7.32 Å². The van der Waals surface area contributed by atoms with Gasteiger partial charge in [-0.05, 0) is 38.1 Å². The third-order valence-corrected chi connectivity index (χ3v) is 2.39. The third kappa shape index (κ3) is 3.76. The zero-order valence-electron chi connectivity index (χ0n) is 9.96. The van der Waals surface area contributed by atoms with Gasteiger partial charge in [0, 0.05) is 18.7 Å². The summed E-state index contributed by atoms with van der Waals surface area (Å²) in [4.78, 5) is 13.6. The third-order valence-electron chi connectivity index (χ3n) is 2.39. The number of nitrogens with zero attached hydrogens (tertiary/aromatic N) is 1. The van der Waals surface area contributed by atoms with Crippen LogP contribution in [0.25, 0.3) is 0 Å². The largest absolute Gasteiger partial charge is 0.707 e. The van der Waals surface area contributed by atoms with Crippen LogP contribution in [-0.2, 0) is 0 Å². The van der Waals surface area contributed by atoms with E-state index in [1.807, 2.05) is 13.8 Å². The number of hydrogen-bond acceptors (Lipinski definition) is 4. The smallest absolute Gasteiger partial charge is 0.512 e. The van der Waals surface area contributed by atoms with E-state index in [9.17, 15) is 4.79 Å². The molecule has 92 valence electrons. The van der Waals surface area contributed by atoms with Gasteiger partial charge in [0.2, 0.25) is 0 Å². The lowest BCUT2D eigenvalue weighted by atomic mass is 10.1. The van der Waals surface area contributed by atoms with Crippen molar-refractivity contribution in [1.29, 1.82) is 0 Å². The summed E-state index contributed by atoms with van der Waals surface area (Å²) >= 11 is 0. The van der Waals surface area contributed by atoms with Crippen LogP contribution in [0.1, 0.15) is 24.2 Å². The maximum atomic E-state index is 11.9. The number of carbonyl (C=O) groups excluding carboxylic acids is 1. The molecule has 0 aliphatic rings. The zero-order chi connectivity index (χ0) is 12.8. The molecular formula is C11H16BNO4. The fourth-order valence-electron chi connectivity index (χ4n) is 1.49. The van der Waals surface area contributed by atoms with Gasteiger partial charge < -0.3 is 19.6 Å². The van der Waals surface area contributed by atoms with Gasteiger partial charge in [-0.15, -0.1) is 0 Å². The first-order chi connectivity index (χ1) is 8.08. The Bertz CT molecular complexity index is 362. The van der Waals surface area contributed by atoms with Crippen LogP contribution in [0.15, 0.2) is 24.3 Å². The van der Waals surface area contributed by atoms with Crippen LogP contribution < -0.4 is 4.65 Å². The Kier molecular flexibility index (Phi) is 4.99. The molecule has 2 N–H and O–H groups in total. The summed E-state index contributed by atoms with van der Waals surface area (Å²) < 4.78 is 4.65. The minimum absolute atomic E-state index is 0.0499. The molecule has 0 heterocycles. The van der Waals surface area contributed by atoms with E-state index < -0.39 is 7.32 Å². The van der Waals surface area contributed by atoms with Crippen molar-refractivity contribution in [3.05, 3.63) is 29.8 Å². The summed E-state index contributed by atoms with van der Waals surface area (Å²) in [5.41, 5.74) is 0.550. The molecule has 0 bridgehead atoms. The maximum Gasteiger partial charge on any atom is 0.707 e. The number of hydrogen-bond donors (Lipinski definition) is 2. The molecule has 0 saturated carbocycles. The number of amides is 1. The van der Waals surface area contributed by atoms with Crippen LogP contribution >= 0.6 is 0 Å². The Labute approximate surface area is 101 Å². The fourth-order valence-corrected chi connectivity index (χ4v) is 1.49. The monoisotopic (exact) mass is 237 g/mol. The molecule has 0 saturated heterocycles. The number of rotatable bonds is 5. The molecule has 0 spiro atoms. The van der Waals surface area contributed by atoms with Gasteiger partial charge in [0.1, 0.15) is 5.75 Å². The molecule has 0 aliphatic carbocycles. The fraction of sp³-hybridized carbons (Fsp3) is 0.364. The highest BCUT2D eigenvalue weighted by Crippen LogP contribution is 2.13. The first kappa shape index (κ1) is 13.5.